The molecule has 5 nitrogen and oxygen atoms in total. The van der Waals surface area contributed by atoms with Gasteiger partial charge >= 0.3 is 5.97 Å². The van der Waals surface area contributed by atoms with E-state index in [-0.39, 0.29) is 24.3 Å². The van der Waals surface area contributed by atoms with E-state index in [1.54, 1.807) is 13.1 Å². The van der Waals surface area contributed by atoms with Crippen LogP contribution in [0, 0.1) is 5.92 Å². The van der Waals surface area contributed by atoms with Gasteiger partial charge in [-0.25, -0.2) is 0 Å². The Balaban J connectivity index is 1.78. The summed E-state index contributed by atoms with van der Waals surface area (Å²) in [6.45, 7) is 3.88. The monoisotopic (exact) mass is 422 g/mol. The zero-order chi connectivity index (χ0) is 21.3. The van der Waals surface area contributed by atoms with E-state index in [0.717, 1.165) is 11.3 Å². The maximum atomic E-state index is 13.4. The molecule has 0 fully saturated rings. The maximum Gasteiger partial charge on any atom is 0.315 e. The molecular formula is C24H23ClN2O3. The maximum absolute atomic E-state index is 13.4. The van der Waals surface area contributed by atoms with Crippen molar-refractivity contribution >= 4 is 29.1 Å². The number of benzene rings is 1. The number of hydrogen-bond acceptors (Lipinski definition) is 5. The zero-order valence-electron chi connectivity index (χ0n) is 17.0. The van der Waals surface area contributed by atoms with Crippen LogP contribution >= 0.6 is 11.6 Å². The number of esters is 1. The van der Waals surface area contributed by atoms with Gasteiger partial charge in [-0.2, -0.15) is 0 Å². The van der Waals surface area contributed by atoms with E-state index in [9.17, 15) is 9.59 Å². The van der Waals surface area contributed by atoms with Gasteiger partial charge in [0, 0.05) is 40.3 Å². The first-order valence-corrected chi connectivity index (χ1v) is 10.5. The highest BCUT2D eigenvalue weighted by molar-refractivity contribution is 6.30. The molecule has 0 spiro atoms. The molecule has 1 aliphatic heterocycles. The summed E-state index contributed by atoms with van der Waals surface area (Å²) in [5.74, 6) is -1.44. The first kappa shape index (κ1) is 20.5. The molecule has 1 aromatic heterocycles. The summed E-state index contributed by atoms with van der Waals surface area (Å²) >= 11 is 6.02. The van der Waals surface area contributed by atoms with Crippen LogP contribution in [0.1, 0.15) is 49.8 Å². The Morgan fingerprint density at radius 3 is 2.60 bits per heavy atom. The lowest BCUT2D eigenvalue weighted by atomic mass is 9.70. The summed E-state index contributed by atoms with van der Waals surface area (Å²) in [6.07, 6.45) is 2.69. The normalized spacial score (nSPS) is 23.6. The zero-order valence-corrected chi connectivity index (χ0v) is 17.7. The summed E-state index contributed by atoms with van der Waals surface area (Å²) in [4.78, 5) is 35.4. The van der Waals surface area contributed by atoms with Crippen molar-refractivity contribution in [3.05, 3.63) is 76.2 Å². The number of ketones is 1. The summed E-state index contributed by atoms with van der Waals surface area (Å²) < 4.78 is 5.33. The van der Waals surface area contributed by atoms with E-state index >= 15 is 0 Å². The molecule has 1 aliphatic carbocycles. The van der Waals surface area contributed by atoms with E-state index < -0.39 is 11.8 Å². The Hall–Kier alpha value is -2.79. The molecule has 0 bridgehead atoms. The predicted octanol–water partition coefficient (Wildman–Crippen LogP) is 4.87. The molecule has 0 N–H and O–H groups in total. The fourth-order valence-corrected chi connectivity index (χ4v) is 4.57. The van der Waals surface area contributed by atoms with Crippen LogP contribution in [0.5, 0.6) is 0 Å². The average Bonchev–Trinajstić information content (AvgIpc) is 2.74. The predicted molar refractivity (Wildman–Crippen MR) is 116 cm³/mol. The highest BCUT2D eigenvalue weighted by atomic mass is 35.5. The van der Waals surface area contributed by atoms with Crippen molar-refractivity contribution in [3.8, 4) is 0 Å². The van der Waals surface area contributed by atoms with Crippen LogP contribution in [0.2, 0.25) is 5.02 Å². The number of allylic oxidation sites excluding steroid dienone is 2. The van der Waals surface area contributed by atoms with Crippen LogP contribution < -0.4 is 0 Å². The van der Waals surface area contributed by atoms with Crippen molar-refractivity contribution in [2.45, 2.75) is 38.5 Å². The number of rotatable bonds is 4. The second-order valence-corrected chi connectivity index (χ2v) is 8.09. The standard InChI is InChI=1S/C24H23ClN2O3/c1-3-30-24(29)21-14(2)27-19-12-16(15-7-9-17(25)10-8-15)13-20(28)22(19)23(21)18-6-4-5-11-26-18/h4-11,16,21,23H,3,12-13H2,1-2H3/t16-,21?,23+/m1/s1. The smallest absolute Gasteiger partial charge is 0.315 e. The van der Waals surface area contributed by atoms with Crippen molar-refractivity contribution in [2.24, 2.45) is 10.9 Å². The third-order valence-electron chi connectivity index (χ3n) is 5.78. The molecule has 2 aromatic rings. The van der Waals surface area contributed by atoms with Gasteiger partial charge < -0.3 is 4.74 Å². The van der Waals surface area contributed by atoms with E-state index in [2.05, 4.69) is 4.98 Å². The molecule has 0 saturated heterocycles. The van der Waals surface area contributed by atoms with Gasteiger partial charge in [0.25, 0.3) is 0 Å². The molecule has 1 unspecified atom stereocenters. The van der Waals surface area contributed by atoms with E-state index in [4.69, 9.17) is 21.3 Å². The molecule has 2 heterocycles. The topological polar surface area (TPSA) is 68.6 Å². The van der Waals surface area contributed by atoms with Crippen LogP contribution in [-0.2, 0) is 14.3 Å². The van der Waals surface area contributed by atoms with E-state index in [0.29, 0.717) is 34.8 Å². The Bertz CT molecular complexity index is 1030. The first-order valence-electron chi connectivity index (χ1n) is 10.1. The van der Waals surface area contributed by atoms with Crippen LogP contribution in [0.15, 0.2) is 64.9 Å². The van der Waals surface area contributed by atoms with Gasteiger partial charge in [0.2, 0.25) is 0 Å². The lowest BCUT2D eigenvalue weighted by Crippen LogP contribution is -2.38. The molecule has 0 amide bonds. The van der Waals surface area contributed by atoms with Crippen molar-refractivity contribution in [2.75, 3.05) is 6.61 Å². The van der Waals surface area contributed by atoms with Gasteiger partial charge in [-0.05, 0) is 56.0 Å². The Morgan fingerprint density at radius 2 is 1.93 bits per heavy atom. The van der Waals surface area contributed by atoms with E-state index in [1.165, 1.54) is 0 Å². The minimum Gasteiger partial charge on any atom is -0.465 e. The van der Waals surface area contributed by atoms with E-state index in [1.807, 2.05) is 49.4 Å². The van der Waals surface area contributed by atoms with Crippen molar-refractivity contribution < 1.29 is 14.3 Å². The minimum absolute atomic E-state index is 0.0115. The number of halogens is 1. The molecule has 0 saturated carbocycles. The largest absolute Gasteiger partial charge is 0.465 e. The molecular weight excluding hydrogens is 400 g/mol. The highest BCUT2D eigenvalue weighted by Crippen LogP contribution is 2.46. The number of carbonyl (C=O) groups is 2. The van der Waals surface area contributed by atoms with Gasteiger partial charge in [0.15, 0.2) is 5.78 Å². The van der Waals surface area contributed by atoms with Crippen molar-refractivity contribution in [1.29, 1.82) is 0 Å². The molecule has 2 aliphatic rings. The van der Waals surface area contributed by atoms with Gasteiger partial charge in [0.05, 0.1) is 12.5 Å². The van der Waals surface area contributed by atoms with Crippen LogP contribution in [-0.4, -0.2) is 29.1 Å². The number of carbonyl (C=O) groups excluding carboxylic acids is 2. The number of pyridine rings is 1. The summed E-state index contributed by atoms with van der Waals surface area (Å²) in [7, 11) is 0. The number of nitrogens with zero attached hydrogens (tertiary/aromatic N) is 2. The fourth-order valence-electron chi connectivity index (χ4n) is 4.45. The minimum atomic E-state index is -0.644. The van der Waals surface area contributed by atoms with Crippen molar-refractivity contribution in [3.63, 3.8) is 0 Å². The molecule has 0 radical (unpaired) electrons. The lowest BCUT2D eigenvalue weighted by molar-refractivity contribution is -0.146. The SMILES string of the molecule is CCOC(=O)C1C(C)=NC2=C(C(=O)C[C@H](c3ccc(Cl)cc3)C2)[C@H]1c1ccccn1. The Morgan fingerprint density at radius 1 is 1.17 bits per heavy atom. The Labute approximate surface area is 180 Å². The second-order valence-electron chi connectivity index (χ2n) is 7.66. The van der Waals surface area contributed by atoms with Crippen LogP contribution in [0.25, 0.3) is 0 Å². The quantitative estimate of drug-likeness (QED) is 0.659. The molecule has 3 atom stereocenters. The van der Waals surface area contributed by atoms with Gasteiger partial charge in [-0.3, -0.25) is 19.6 Å². The number of aromatic nitrogens is 1. The third kappa shape index (κ3) is 3.82. The third-order valence-corrected chi connectivity index (χ3v) is 6.03. The summed E-state index contributed by atoms with van der Waals surface area (Å²) in [6, 6.07) is 13.2. The number of hydrogen-bond donors (Lipinski definition) is 0. The number of ether oxygens (including phenoxy) is 1. The van der Waals surface area contributed by atoms with Crippen LogP contribution in [0.3, 0.4) is 0 Å². The average molecular weight is 423 g/mol. The number of Topliss-reactive ketones (excluding diaryl/α,β-unsaturated/α-hetero) is 1. The molecule has 30 heavy (non-hydrogen) atoms. The highest BCUT2D eigenvalue weighted by Gasteiger charge is 2.45. The summed E-state index contributed by atoms with van der Waals surface area (Å²) in [5.41, 5.74) is 3.76. The molecule has 4 rings (SSSR count). The summed E-state index contributed by atoms with van der Waals surface area (Å²) in [5, 5.41) is 0.666. The fraction of sp³-hybridized carbons (Fsp3) is 0.333. The van der Waals surface area contributed by atoms with Crippen LogP contribution in [0.4, 0.5) is 0 Å². The molecule has 154 valence electrons. The van der Waals surface area contributed by atoms with Gasteiger partial charge in [-0.15, -0.1) is 0 Å². The molecule has 1 aromatic carbocycles. The van der Waals surface area contributed by atoms with Gasteiger partial charge in [-0.1, -0.05) is 29.8 Å². The lowest BCUT2D eigenvalue weighted by Gasteiger charge is -2.36. The Kier molecular flexibility index (Phi) is 5.82. The molecule has 6 heteroatoms. The second kappa shape index (κ2) is 8.52. The van der Waals surface area contributed by atoms with Crippen molar-refractivity contribution in [1.82, 2.24) is 4.98 Å². The first-order chi connectivity index (χ1) is 14.5. The van der Waals surface area contributed by atoms with Gasteiger partial charge in [0.1, 0.15) is 5.92 Å². The number of aliphatic imine (C=N–C) groups is 1.